The van der Waals surface area contributed by atoms with Gasteiger partial charge in [-0.15, -0.1) is 10.2 Å². The van der Waals surface area contributed by atoms with Gasteiger partial charge in [-0.1, -0.05) is 46.3 Å². The van der Waals surface area contributed by atoms with Gasteiger partial charge in [0, 0.05) is 15.6 Å². The van der Waals surface area contributed by atoms with Crippen LogP contribution in [0, 0.1) is 0 Å². The zero-order chi connectivity index (χ0) is 19.8. The maximum Gasteiger partial charge on any atom is 0.263 e. The van der Waals surface area contributed by atoms with Crippen LogP contribution in [0.15, 0.2) is 58.1 Å². The summed E-state index contributed by atoms with van der Waals surface area (Å²) in [6, 6.07) is 14.7. The molecule has 0 atom stereocenters. The zero-order valence-corrected chi connectivity index (χ0v) is 16.3. The molecule has 0 unspecified atom stereocenters. The van der Waals surface area contributed by atoms with Gasteiger partial charge in [-0.05, 0) is 23.4 Å². The van der Waals surface area contributed by atoms with Crippen molar-refractivity contribution in [2.24, 2.45) is 5.10 Å². The monoisotopic (exact) mass is 444 g/mol. The molecule has 0 aliphatic carbocycles. The molecular weight excluding hydrogens is 428 g/mol. The first kappa shape index (κ1) is 19.6. The van der Waals surface area contributed by atoms with Gasteiger partial charge in [0.05, 0.1) is 12.8 Å². The second-order valence-electron chi connectivity index (χ2n) is 5.56. The molecule has 0 spiro atoms. The Bertz CT molecular complexity index is 961. The van der Waals surface area contributed by atoms with Crippen LogP contribution in [0.5, 0.6) is 5.75 Å². The lowest BCUT2D eigenvalue weighted by atomic mass is 10.2. The van der Waals surface area contributed by atoms with Crippen LogP contribution in [0.4, 0.5) is 0 Å². The number of carbonyl (C=O) groups excluding carboxylic acids is 1. The number of hydrogen-bond acceptors (Lipinski definition) is 7. The summed E-state index contributed by atoms with van der Waals surface area (Å²) in [5.41, 5.74) is 3.88. The molecule has 1 aromatic heterocycles. The van der Waals surface area contributed by atoms with Crippen molar-refractivity contribution in [2.75, 3.05) is 13.2 Å². The van der Waals surface area contributed by atoms with E-state index in [1.165, 1.54) is 11.0 Å². The van der Waals surface area contributed by atoms with E-state index in [-0.39, 0.29) is 19.8 Å². The van der Waals surface area contributed by atoms with E-state index in [1.807, 2.05) is 36.4 Å². The Morgan fingerprint density at radius 2 is 2.11 bits per heavy atom. The number of nitrogens with zero attached hydrogens (tertiary/aromatic N) is 5. The average Bonchev–Trinajstić information content (AvgIpc) is 3.16. The minimum Gasteiger partial charge on any atom is -0.491 e. The van der Waals surface area contributed by atoms with Gasteiger partial charge >= 0.3 is 0 Å². The molecular formula is C18H17BrN6O3. The van der Waals surface area contributed by atoms with Gasteiger partial charge in [0.25, 0.3) is 5.91 Å². The number of rotatable bonds is 8. The fourth-order valence-corrected chi connectivity index (χ4v) is 2.64. The second kappa shape index (κ2) is 9.72. The summed E-state index contributed by atoms with van der Waals surface area (Å²) in [6.07, 6.45) is 1.46. The summed E-state index contributed by atoms with van der Waals surface area (Å²) < 4.78 is 6.26. The molecule has 0 bridgehead atoms. The standard InChI is InChI=1S/C18H17BrN6O3/c19-15-6-7-16(28-9-8-26)14(10-15)11-20-21-17(27)12-25-23-18(22-24-25)13-4-2-1-3-5-13/h1-7,10-11,26H,8-9,12H2,(H,21,27)/b20-11-. The molecule has 0 aliphatic heterocycles. The molecule has 0 fully saturated rings. The summed E-state index contributed by atoms with van der Waals surface area (Å²) in [6.45, 7) is -0.0562. The van der Waals surface area contributed by atoms with Crippen molar-refractivity contribution in [3.63, 3.8) is 0 Å². The molecule has 0 saturated heterocycles. The Labute approximate surface area is 169 Å². The summed E-state index contributed by atoms with van der Waals surface area (Å²) in [7, 11) is 0. The maximum atomic E-state index is 12.0. The van der Waals surface area contributed by atoms with Gasteiger partial charge in [0.2, 0.25) is 5.82 Å². The fraction of sp³-hybridized carbons (Fsp3) is 0.167. The molecule has 3 aromatic rings. The predicted octanol–water partition coefficient (Wildman–Crippen LogP) is 1.62. The number of aliphatic hydroxyl groups excluding tert-OH is 1. The average molecular weight is 445 g/mol. The van der Waals surface area contributed by atoms with Gasteiger partial charge in [-0.2, -0.15) is 9.90 Å². The Hall–Kier alpha value is -3.11. The Balaban J connectivity index is 1.59. The van der Waals surface area contributed by atoms with E-state index in [4.69, 9.17) is 9.84 Å². The number of carbonyl (C=O) groups is 1. The lowest BCUT2D eigenvalue weighted by Crippen LogP contribution is -2.24. The highest BCUT2D eigenvalue weighted by Crippen LogP contribution is 2.21. The van der Waals surface area contributed by atoms with Gasteiger partial charge in [-0.25, -0.2) is 5.43 Å². The van der Waals surface area contributed by atoms with E-state index in [2.05, 4.69) is 41.9 Å². The summed E-state index contributed by atoms with van der Waals surface area (Å²) in [4.78, 5) is 13.2. The number of nitrogens with one attached hydrogen (secondary N) is 1. The SMILES string of the molecule is O=C(Cn1nnc(-c2ccccc2)n1)N/N=C\c1cc(Br)ccc1OCCO. The number of aliphatic hydroxyl groups is 1. The molecule has 144 valence electrons. The number of ether oxygens (including phenoxy) is 1. The molecule has 0 aliphatic rings. The van der Waals surface area contributed by atoms with Gasteiger partial charge in [0.15, 0.2) is 0 Å². The number of aromatic nitrogens is 4. The van der Waals surface area contributed by atoms with Crippen LogP contribution in [0.2, 0.25) is 0 Å². The minimum absolute atomic E-state index is 0.0980. The Kier molecular flexibility index (Phi) is 6.82. The molecule has 2 N–H and O–H groups in total. The molecule has 10 heteroatoms. The summed E-state index contributed by atoms with van der Waals surface area (Å²) in [5, 5.41) is 24.8. The Morgan fingerprint density at radius 3 is 2.89 bits per heavy atom. The van der Waals surface area contributed by atoms with E-state index in [0.717, 1.165) is 10.0 Å². The third-order valence-electron chi connectivity index (χ3n) is 3.48. The molecule has 0 saturated carbocycles. The first-order valence-electron chi connectivity index (χ1n) is 8.34. The van der Waals surface area contributed by atoms with Crippen molar-refractivity contribution >= 4 is 28.1 Å². The highest BCUT2D eigenvalue weighted by molar-refractivity contribution is 9.10. The molecule has 2 aromatic carbocycles. The first-order chi connectivity index (χ1) is 13.7. The molecule has 3 rings (SSSR count). The van der Waals surface area contributed by atoms with E-state index in [9.17, 15) is 4.79 Å². The smallest absolute Gasteiger partial charge is 0.263 e. The number of hydrogen-bond donors (Lipinski definition) is 2. The molecule has 28 heavy (non-hydrogen) atoms. The van der Waals surface area contributed by atoms with Crippen LogP contribution in [0.1, 0.15) is 5.56 Å². The van der Waals surface area contributed by atoms with Crippen molar-refractivity contribution in [1.29, 1.82) is 0 Å². The first-order valence-corrected chi connectivity index (χ1v) is 9.13. The van der Waals surface area contributed by atoms with Gasteiger partial charge in [0.1, 0.15) is 18.9 Å². The van der Waals surface area contributed by atoms with Crippen molar-refractivity contribution in [2.45, 2.75) is 6.54 Å². The van der Waals surface area contributed by atoms with Crippen molar-refractivity contribution in [3.8, 4) is 17.1 Å². The zero-order valence-electron chi connectivity index (χ0n) is 14.7. The van der Waals surface area contributed by atoms with Crippen LogP contribution in [0.25, 0.3) is 11.4 Å². The number of hydrazone groups is 1. The van der Waals surface area contributed by atoms with Crippen LogP contribution in [0.3, 0.4) is 0 Å². The summed E-state index contributed by atoms with van der Waals surface area (Å²) >= 11 is 3.37. The van der Waals surface area contributed by atoms with Gasteiger partial charge in [-0.3, -0.25) is 4.79 Å². The van der Waals surface area contributed by atoms with E-state index >= 15 is 0 Å². The molecule has 9 nitrogen and oxygen atoms in total. The maximum absolute atomic E-state index is 12.0. The number of halogens is 1. The summed E-state index contributed by atoms with van der Waals surface area (Å²) in [5.74, 6) is 0.582. The molecule has 1 heterocycles. The molecule has 1 amide bonds. The van der Waals surface area contributed by atoms with E-state index in [1.54, 1.807) is 12.1 Å². The lowest BCUT2D eigenvalue weighted by Gasteiger charge is -2.08. The number of amides is 1. The van der Waals surface area contributed by atoms with Crippen LogP contribution in [-0.2, 0) is 11.3 Å². The molecule has 0 radical (unpaired) electrons. The lowest BCUT2D eigenvalue weighted by molar-refractivity contribution is -0.122. The quantitative estimate of drug-likeness (QED) is 0.403. The van der Waals surface area contributed by atoms with Crippen LogP contribution < -0.4 is 10.2 Å². The number of benzene rings is 2. The number of tetrazole rings is 1. The van der Waals surface area contributed by atoms with Crippen molar-refractivity contribution in [3.05, 3.63) is 58.6 Å². The minimum atomic E-state index is -0.402. The predicted molar refractivity (Wildman–Crippen MR) is 106 cm³/mol. The van der Waals surface area contributed by atoms with Crippen LogP contribution in [-0.4, -0.2) is 50.6 Å². The van der Waals surface area contributed by atoms with E-state index < -0.39 is 5.91 Å². The van der Waals surface area contributed by atoms with Crippen molar-refractivity contribution < 1.29 is 14.6 Å². The van der Waals surface area contributed by atoms with E-state index in [0.29, 0.717) is 17.1 Å². The third kappa shape index (κ3) is 5.44. The largest absolute Gasteiger partial charge is 0.491 e. The third-order valence-corrected chi connectivity index (χ3v) is 3.98. The fourth-order valence-electron chi connectivity index (χ4n) is 2.26. The second-order valence-corrected chi connectivity index (χ2v) is 6.47. The van der Waals surface area contributed by atoms with Crippen LogP contribution >= 0.6 is 15.9 Å². The highest BCUT2D eigenvalue weighted by Gasteiger charge is 2.09. The van der Waals surface area contributed by atoms with Crippen molar-refractivity contribution in [1.82, 2.24) is 25.6 Å². The topological polar surface area (TPSA) is 115 Å². The van der Waals surface area contributed by atoms with Gasteiger partial charge < -0.3 is 9.84 Å². The highest BCUT2D eigenvalue weighted by atomic mass is 79.9. The normalized spacial score (nSPS) is 10.9. The Morgan fingerprint density at radius 1 is 1.29 bits per heavy atom.